The summed E-state index contributed by atoms with van der Waals surface area (Å²) in [6.07, 6.45) is 5.57. The van der Waals surface area contributed by atoms with Crippen LogP contribution in [0.1, 0.15) is 58.9 Å². The zero-order chi connectivity index (χ0) is 23.5. The van der Waals surface area contributed by atoms with Gasteiger partial charge in [-0.2, -0.15) is 0 Å². The first-order chi connectivity index (χ1) is 15.7. The first-order valence-corrected chi connectivity index (χ1v) is 12.6. The Morgan fingerprint density at radius 3 is 2.06 bits per heavy atom. The van der Waals surface area contributed by atoms with E-state index in [2.05, 4.69) is 66.4 Å². The SMILES string of the molecule is CC(C)(C)OC(=O)N1CCC(C)(N2CCC(Cc3ccc(-c4ccccc4)cc3)CC2)CC1. The first kappa shape index (κ1) is 23.8. The topological polar surface area (TPSA) is 32.8 Å². The molecule has 1 amide bonds. The van der Waals surface area contributed by atoms with Crippen molar-refractivity contribution >= 4 is 6.09 Å². The van der Waals surface area contributed by atoms with Gasteiger partial charge in [-0.05, 0) is 95.5 Å². The highest BCUT2D eigenvalue weighted by Gasteiger charge is 2.39. The van der Waals surface area contributed by atoms with Crippen molar-refractivity contribution in [2.24, 2.45) is 5.92 Å². The van der Waals surface area contributed by atoms with E-state index in [4.69, 9.17) is 4.74 Å². The molecule has 2 saturated heterocycles. The molecule has 4 nitrogen and oxygen atoms in total. The number of hydrogen-bond acceptors (Lipinski definition) is 3. The molecule has 4 rings (SSSR count). The lowest BCUT2D eigenvalue weighted by atomic mass is 9.83. The van der Waals surface area contributed by atoms with Crippen LogP contribution in [0.4, 0.5) is 4.79 Å². The van der Waals surface area contributed by atoms with Crippen LogP contribution < -0.4 is 0 Å². The van der Waals surface area contributed by atoms with Crippen molar-refractivity contribution < 1.29 is 9.53 Å². The van der Waals surface area contributed by atoms with Crippen molar-refractivity contribution in [3.63, 3.8) is 0 Å². The number of carbonyl (C=O) groups excluding carboxylic acids is 1. The second-order valence-electron chi connectivity index (χ2n) is 11.2. The molecule has 0 atom stereocenters. The number of rotatable bonds is 4. The fourth-order valence-corrected chi connectivity index (χ4v) is 5.29. The minimum Gasteiger partial charge on any atom is -0.444 e. The molecule has 0 spiro atoms. The van der Waals surface area contributed by atoms with Gasteiger partial charge < -0.3 is 9.64 Å². The van der Waals surface area contributed by atoms with E-state index in [1.54, 1.807) is 0 Å². The van der Waals surface area contributed by atoms with Gasteiger partial charge in [-0.15, -0.1) is 0 Å². The summed E-state index contributed by atoms with van der Waals surface area (Å²) in [5.74, 6) is 0.759. The van der Waals surface area contributed by atoms with Crippen LogP contribution in [0.2, 0.25) is 0 Å². The summed E-state index contributed by atoms with van der Waals surface area (Å²) >= 11 is 0. The quantitative estimate of drug-likeness (QED) is 0.543. The highest BCUT2D eigenvalue weighted by molar-refractivity contribution is 5.68. The van der Waals surface area contributed by atoms with Gasteiger partial charge in [0.15, 0.2) is 0 Å². The molecule has 2 heterocycles. The molecule has 2 aromatic rings. The van der Waals surface area contributed by atoms with Crippen molar-refractivity contribution in [3.05, 3.63) is 60.2 Å². The number of carbonyl (C=O) groups is 1. The highest BCUT2D eigenvalue weighted by atomic mass is 16.6. The standard InChI is InChI=1S/C29H40N2O2/c1-28(2,3)33-27(32)30-20-16-29(4,17-21-30)31-18-14-24(15-19-31)22-23-10-12-26(13-11-23)25-8-6-5-7-9-25/h5-13,24H,14-22H2,1-4H3. The van der Waals surface area contributed by atoms with Gasteiger partial charge in [0.05, 0.1) is 0 Å². The number of benzene rings is 2. The zero-order valence-corrected chi connectivity index (χ0v) is 20.8. The van der Waals surface area contributed by atoms with Crippen LogP contribution in [0.5, 0.6) is 0 Å². The van der Waals surface area contributed by atoms with Gasteiger partial charge >= 0.3 is 6.09 Å². The van der Waals surface area contributed by atoms with Crippen molar-refractivity contribution in [1.82, 2.24) is 9.80 Å². The molecule has 0 unspecified atom stereocenters. The Balaban J connectivity index is 1.25. The Bertz CT molecular complexity index is 901. The van der Waals surface area contributed by atoms with E-state index in [1.807, 2.05) is 25.7 Å². The largest absolute Gasteiger partial charge is 0.444 e. The van der Waals surface area contributed by atoms with Crippen LogP contribution in [0.25, 0.3) is 11.1 Å². The van der Waals surface area contributed by atoms with Gasteiger partial charge in [-0.3, -0.25) is 4.90 Å². The van der Waals surface area contributed by atoms with E-state index >= 15 is 0 Å². The number of piperidine rings is 2. The summed E-state index contributed by atoms with van der Waals surface area (Å²) in [5.41, 5.74) is 3.79. The van der Waals surface area contributed by atoms with E-state index in [1.165, 1.54) is 36.0 Å². The summed E-state index contributed by atoms with van der Waals surface area (Å²) in [4.78, 5) is 17.0. The summed E-state index contributed by atoms with van der Waals surface area (Å²) in [6.45, 7) is 12.1. The predicted octanol–water partition coefficient (Wildman–Crippen LogP) is 6.40. The molecule has 0 aliphatic carbocycles. The maximum Gasteiger partial charge on any atom is 0.410 e. The molecule has 2 aliphatic rings. The lowest BCUT2D eigenvalue weighted by Gasteiger charge is -2.49. The number of likely N-dealkylation sites (tertiary alicyclic amines) is 2. The predicted molar refractivity (Wildman–Crippen MR) is 135 cm³/mol. The molecule has 0 bridgehead atoms. The van der Waals surface area contributed by atoms with Crippen LogP contribution in [0.15, 0.2) is 54.6 Å². The van der Waals surface area contributed by atoms with E-state index in [0.717, 1.165) is 44.9 Å². The van der Waals surface area contributed by atoms with Crippen molar-refractivity contribution in [1.29, 1.82) is 0 Å². The normalized spacial score (nSPS) is 19.9. The maximum absolute atomic E-state index is 12.4. The molecule has 2 fully saturated rings. The summed E-state index contributed by atoms with van der Waals surface area (Å²) < 4.78 is 5.57. The number of amides is 1. The van der Waals surface area contributed by atoms with Crippen LogP contribution in [-0.2, 0) is 11.2 Å². The van der Waals surface area contributed by atoms with Gasteiger partial charge in [0.2, 0.25) is 0 Å². The molecule has 4 heteroatoms. The average Bonchev–Trinajstić information content (AvgIpc) is 2.80. The van der Waals surface area contributed by atoms with Crippen molar-refractivity contribution in [2.45, 2.75) is 70.9 Å². The van der Waals surface area contributed by atoms with Gasteiger partial charge in [0.25, 0.3) is 0 Å². The van der Waals surface area contributed by atoms with Crippen molar-refractivity contribution in [2.75, 3.05) is 26.2 Å². The van der Waals surface area contributed by atoms with Crippen LogP contribution in [0.3, 0.4) is 0 Å². The van der Waals surface area contributed by atoms with E-state index in [0.29, 0.717) is 0 Å². The van der Waals surface area contributed by atoms with Crippen LogP contribution in [0, 0.1) is 5.92 Å². The third-order valence-electron chi connectivity index (χ3n) is 7.46. The molecule has 0 aromatic heterocycles. The second kappa shape index (κ2) is 9.89. The van der Waals surface area contributed by atoms with Crippen LogP contribution >= 0.6 is 0 Å². The Kier molecular flexibility index (Phi) is 7.13. The third-order valence-corrected chi connectivity index (χ3v) is 7.46. The molecule has 178 valence electrons. The highest BCUT2D eigenvalue weighted by Crippen LogP contribution is 2.34. The Morgan fingerprint density at radius 1 is 0.909 bits per heavy atom. The van der Waals surface area contributed by atoms with Gasteiger partial charge in [-0.25, -0.2) is 4.79 Å². The average molecular weight is 449 g/mol. The van der Waals surface area contributed by atoms with Crippen molar-refractivity contribution in [3.8, 4) is 11.1 Å². The fraction of sp³-hybridized carbons (Fsp3) is 0.552. The summed E-state index contributed by atoms with van der Waals surface area (Å²) in [7, 11) is 0. The molecule has 33 heavy (non-hydrogen) atoms. The minimum absolute atomic E-state index is 0.165. The smallest absolute Gasteiger partial charge is 0.410 e. The third kappa shape index (κ3) is 6.17. The fourth-order valence-electron chi connectivity index (χ4n) is 5.29. The number of nitrogens with zero attached hydrogens (tertiary/aromatic N) is 2. The Hall–Kier alpha value is -2.33. The monoisotopic (exact) mass is 448 g/mol. The molecule has 0 N–H and O–H groups in total. The van der Waals surface area contributed by atoms with Crippen LogP contribution in [-0.4, -0.2) is 53.2 Å². The lowest BCUT2D eigenvalue weighted by molar-refractivity contribution is -0.0105. The summed E-state index contributed by atoms with van der Waals surface area (Å²) in [5, 5.41) is 0. The number of hydrogen-bond donors (Lipinski definition) is 0. The van der Waals surface area contributed by atoms with E-state index < -0.39 is 5.60 Å². The molecular weight excluding hydrogens is 408 g/mol. The lowest BCUT2D eigenvalue weighted by Crippen LogP contribution is -2.56. The second-order valence-corrected chi connectivity index (χ2v) is 11.2. The molecule has 2 aliphatic heterocycles. The van der Waals surface area contributed by atoms with Gasteiger partial charge in [-0.1, -0.05) is 54.6 Å². The molecular formula is C29H40N2O2. The molecule has 2 aromatic carbocycles. The minimum atomic E-state index is -0.429. The van der Waals surface area contributed by atoms with Gasteiger partial charge in [0.1, 0.15) is 5.60 Å². The maximum atomic E-state index is 12.4. The molecule has 0 saturated carbocycles. The zero-order valence-electron chi connectivity index (χ0n) is 20.8. The first-order valence-electron chi connectivity index (χ1n) is 12.6. The summed E-state index contributed by atoms with van der Waals surface area (Å²) in [6, 6.07) is 19.7. The Labute approximate surface area is 199 Å². The Morgan fingerprint density at radius 2 is 1.48 bits per heavy atom. The molecule has 0 radical (unpaired) electrons. The number of ether oxygens (including phenoxy) is 1. The van der Waals surface area contributed by atoms with E-state index in [9.17, 15) is 4.79 Å². The van der Waals surface area contributed by atoms with E-state index in [-0.39, 0.29) is 11.6 Å². The van der Waals surface area contributed by atoms with Gasteiger partial charge in [0, 0.05) is 18.6 Å².